The number of non-ortho nitro benzene ring substituents is 2. The Morgan fingerprint density at radius 1 is 0.559 bits per heavy atom. The summed E-state index contributed by atoms with van der Waals surface area (Å²) >= 11 is 0. The normalized spacial score (nSPS) is 15.6. The lowest BCUT2D eigenvalue weighted by atomic mass is 9.94. The Morgan fingerprint density at radius 2 is 0.853 bits per heavy atom. The maximum Gasteiger partial charge on any atom is 0.270 e. The van der Waals surface area contributed by atoms with Crippen LogP contribution in [0, 0.1) is 20.2 Å². The van der Waals surface area contributed by atoms with Crippen LogP contribution in [0.3, 0.4) is 0 Å². The van der Waals surface area contributed by atoms with E-state index in [4.69, 9.17) is 9.47 Å². The lowest BCUT2D eigenvalue weighted by Gasteiger charge is -2.17. The second kappa shape index (κ2) is 12.3. The maximum atomic E-state index is 11.6. The lowest BCUT2D eigenvalue weighted by molar-refractivity contribution is -0.385. The van der Waals surface area contributed by atoms with Gasteiger partial charge in [-0.1, -0.05) is 38.5 Å². The minimum absolute atomic E-state index is 0.0481. The van der Waals surface area contributed by atoms with Crippen molar-refractivity contribution in [2.75, 3.05) is 14.2 Å². The van der Waals surface area contributed by atoms with E-state index >= 15 is 0 Å². The Balaban J connectivity index is 2.04. The number of rotatable bonds is 4. The smallest absolute Gasteiger partial charge is 0.270 e. The molecule has 0 saturated carbocycles. The van der Waals surface area contributed by atoms with Gasteiger partial charge in [0, 0.05) is 46.5 Å². The minimum Gasteiger partial charge on any atom is -0.496 e. The van der Waals surface area contributed by atoms with Crippen molar-refractivity contribution in [2.24, 2.45) is 0 Å². The molecule has 0 N–H and O–H groups in total. The molecule has 0 radical (unpaired) electrons. The van der Waals surface area contributed by atoms with Crippen molar-refractivity contribution in [3.63, 3.8) is 0 Å². The van der Waals surface area contributed by atoms with E-state index in [1.54, 1.807) is 38.5 Å². The number of hydrogen-bond acceptors (Lipinski definition) is 6. The van der Waals surface area contributed by atoms with Gasteiger partial charge in [-0.25, -0.2) is 0 Å². The number of hydrogen-bond donors (Lipinski definition) is 0. The van der Waals surface area contributed by atoms with Crippen LogP contribution < -0.4 is 9.47 Å². The molecular formula is C26H34N2O6. The first kappa shape index (κ1) is 25.5. The molecule has 0 saturated heterocycles. The highest BCUT2D eigenvalue weighted by Gasteiger charge is 2.21. The van der Waals surface area contributed by atoms with E-state index in [0.29, 0.717) is 24.3 Å². The fourth-order valence-corrected chi connectivity index (χ4v) is 4.91. The van der Waals surface area contributed by atoms with Crippen molar-refractivity contribution in [2.45, 2.75) is 77.0 Å². The van der Waals surface area contributed by atoms with Gasteiger partial charge in [0.05, 0.1) is 24.1 Å². The minimum atomic E-state index is -0.371. The van der Waals surface area contributed by atoms with E-state index in [1.165, 1.54) is 12.8 Å². The van der Waals surface area contributed by atoms with Gasteiger partial charge in [-0.15, -0.1) is 0 Å². The molecule has 0 aliphatic heterocycles. The first-order valence-electron chi connectivity index (χ1n) is 12.1. The highest BCUT2D eigenvalue weighted by Crippen LogP contribution is 2.35. The van der Waals surface area contributed by atoms with Crippen molar-refractivity contribution in [3.8, 4) is 11.5 Å². The number of fused-ring (bicyclic) bond motifs is 4. The molecule has 34 heavy (non-hydrogen) atoms. The summed E-state index contributed by atoms with van der Waals surface area (Å²) in [7, 11) is 3.18. The third-order valence-corrected chi connectivity index (χ3v) is 6.59. The van der Waals surface area contributed by atoms with Gasteiger partial charge >= 0.3 is 0 Å². The number of nitrogens with zero attached hydrogens (tertiary/aromatic N) is 2. The summed E-state index contributed by atoms with van der Waals surface area (Å²) in [5.41, 5.74) is 3.27. The Kier molecular flexibility index (Phi) is 9.24. The van der Waals surface area contributed by atoms with E-state index in [0.717, 1.165) is 73.6 Å². The molecule has 2 aromatic rings. The van der Waals surface area contributed by atoms with Crippen LogP contribution in [0.5, 0.6) is 11.5 Å². The predicted octanol–water partition coefficient (Wildman–Crippen LogP) is 6.52. The summed E-state index contributed by atoms with van der Waals surface area (Å²) in [6.45, 7) is 0. The van der Waals surface area contributed by atoms with Gasteiger partial charge in [-0.05, 0) is 38.5 Å². The number of methoxy groups -OCH3 is 2. The topological polar surface area (TPSA) is 105 Å². The van der Waals surface area contributed by atoms with E-state index in [1.807, 2.05) is 0 Å². The predicted molar refractivity (Wildman–Crippen MR) is 131 cm³/mol. The lowest BCUT2D eigenvalue weighted by Crippen LogP contribution is -2.05. The molecule has 8 heteroatoms. The summed E-state index contributed by atoms with van der Waals surface area (Å²) in [5.74, 6) is 1.35. The fourth-order valence-electron chi connectivity index (χ4n) is 4.91. The molecule has 1 aliphatic carbocycles. The standard InChI is InChI=1S/C26H34N2O6/c1-33-25-19-11-9-7-5-3-4-6-8-10-12-20-16-24(28(31)32)18-22(26(20)34-2)14-13-21(25)17-23(15-19)27(29)30/h15-18H,3-14H2,1-2H3. The molecule has 8 nitrogen and oxygen atoms in total. The molecule has 1 aliphatic rings. The van der Waals surface area contributed by atoms with Gasteiger partial charge in [0.15, 0.2) is 0 Å². The van der Waals surface area contributed by atoms with Gasteiger partial charge < -0.3 is 9.47 Å². The summed E-state index contributed by atoms with van der Waals surface area (Å²) in [4.78, 5) is 22.5. The van der Waals surface area contributed by atoms with Crippen LogP contribution >= 0.6 is 0 Å². The van der Waals surface area contributed by atoms with Gasteiger partial charge in [0.1, 0.15) is 11.5 Å². The molecule has 3 rings (SSSR count). The van der Waals surface area contributed by atoms with E-state index in [2.05, 4.69) is 0 Å². The molecule has 184 valence electrons. The number of benzene rings is 2. The van der Waals surface area contributed by atoms with Crippen molar-refractivity contribution in [3.05, 3.63) is 66.7 Å². The van der Waals surface area contributed by atoms with Crippen LogP contribution in [0.25, 0.3) is 0 Å². The molecule has 0 amide bonds. The van der Waals surface area contributed by atoms with E-state index < -0.39 is 0 Å². The second-order valence-corrected chi connectivity index (χ2v) is 8.94. The quantitative estimate of drug-likeness (QED) is 0.372. The molecular weight excluding hydrogens is 436 g/mol. The maximum absolute atomic E-state index is 11.6. The van der Waals surface area contributed by atoms with Crippen molar-refractivity contribution in [1.29, 1.82) is 0 Å². The fraction of sp³-hybridized carbons (Fsp3) is 0.538. The molecule has 2 aromatic carbocycles. The molecule has 0 aromatic heterocycles. The van der Waals surface area contributed by atoms with Crippen LogP contribution in [-0.2, 0) is 25.7 Å². The van der Waals surface area contributed by atoms with Gasteiger partial charge in [0.2, 0.25) is 0 Å². The van der Waals surface area contributed by atoms with Crippen molar-refractivity contribution >= 4 is 11.4 Å². The van der Waals surface area contributed by atoms with Crippen LogP contribution in [0.15, 0.2) is 24.3 Å². The number of nitro benzene ring substituents is 2. The molecule has 0 atom stereocenters. The average Bonchev–Trinajstić information content (AvgIpc) is 2.82. The number of nitro groups is 2. The highest BCUT2D eigenvalue weighted by molar-refractivity contribution is 5.53. The molecule has 0 unspecified atom stereocenters. The third-order valence-electron chi connectivity index (χ3n) is 6.59. The molecule has 4 bridgehead atoms. The average molecular weight is 471 g/mol. The number of ether oxygens (including phenoxy) is 2. The Bertz CT molecular complexity index is 939. The summed E-state index contributed by atoms with van der Waals surface area (Å²) in [6, 6.07) is 6.36. The van der Waals surface area contributed by atoms with Crippen LogP contribution in [-0.4, -0.2) is 24.1 Å². The zero-order valence-corrected chi connectivity index (χ0v) is 20.1. The monoisotopic (exact) mass is 470 g/mol. The Labute approximate surface area is 200 Å². The first-order chi connectivity index (χ1) is 16.4. The Morgan fingerprint density at radius 3 is 1.15 bits per heavy atom. The largest absolute Gasteiger partial charge is 0.496 e. The van der Waals surface area contributed by atoms with Gasteiger partial charge in [0.25, 0.3) is 11.4 Å². The first-order valence-corrected chi connectivity index (χ1v) is 12.1. The molecule has 0 heterocycles. The van der Waals surface area contributed by atoms with Crippen molar-refractivity contribution < 1.29 is 19.3 Å². The molecule has 0 spiro atoms. The second-order valence-electron chi connectivity index (χ2n) is 8.94. The van der Waals surface area contributed by atoms with Gasteiger partial charge in [-0.3, -0.25) is 20.2 Å². The van der Waals surface area contributed by atoms with Crippen LogP contribution in [0.4, 0.5) is 11.4 Å². The zero-order chi connectivity index (χ0) is 24.5. The van der Waals surface area contributed by atoms with Crippen LogP contribution in [0.1, 0.15) is 73.6 Å². The Hall–Kier alpha value is -3.16. The van der Waals surface area contributed by atoms with E-state index in [9.17, 15) is 20.2 Å². The zero-order valence-electron chi connectivity index (χ0n) is 20.1. The highest BCUT2D eigenvalue weighted by atomic mass is 16.6. The summed E-state index contributed by atoms with van der Waals surface area (Å²) in [6.07, 6.45) is 11.1. The summed E-state index contributed by atoms with van der Waals surface area (Å²) in [5, 5.41) is 23.2. The third kappa shape index (κ3) is 6.46. The van der Waals surface area contributed by atoms with E-state index in [-0.39, 0.29) is 21.2 Å². The van der Waals surface area contributed by atoms with Crippen molar-refractivity contribution in [1.82, 2.24) is 0 Å². The molecule has 0 fully saturated rings. The number of aryl methyl sites for hydroxylation is 4. The van der Waals surface area contributed by atoms with Gasteiger partial charge in [-0.2, -0.15) is 0 Å². The van der Waals surface area contributed by atoms with Crippen LogP contribution in [0.2, 0.25) is 0 Å². The summed E-state index contributed by atoms with van der Waals surface area (Å²) < 4.78 is 11.4. The SMILES string of the molecule is COc1c2cc([N+](=O)[O-])cc1CCc1cc([N+](=O)[O-])cc(c1OC)CCCCCCCCCC2.